The standard InChI is InChI=1S/C20H26F3N6P/c1-28(30-2)17-6-5-15(20(21,22)23)18(27-17)13-3-4-14-16(11-13)25-12-26-19(14)29-9-7-24-8-10-29/h5-6,12-13,24,30H,3-4,7-11H2,1-2H3. The van der Waals surface area contributed by atoms with Crippen molar-refractivity contribution in [3.63, 3.8) is 0 Å². The van der Waals surface area contributed by atoms with E-state index in [0.717, 1.165) is 43.3 Å². The molecule has 1 fully saturated rings. The molecule has 2 aliphatic rings. The topological polar surface area (TPSA) is 57.2 Å². The van der Waals surface area contributed by atoms with Crippen LogP contribution in [0.3, 0.4) is 0 Å². The Labute approximate surface area is 176 Å². The van der Waals surface area contributed by atoms with Crippen LogP contribution >= 0.6 is 8.73 Å². The Kier molecular flexibility index (Phi) is 6.11. The Bertz CT molecular complexity index is 901. The van der Waals surface area contributed by atoms with E-state index in [1.807, 2.05) is 18.4 Å². The molecular formula is C20H26F3N6P. The van der Waals surface area contributed by atoms with Crippen LogP contribution in [0, 0.1) is 0 Å². The zero-order chi connectivity index (χ0) is 21.3. The number of alkyl halides is 3. The van der Waals surface area contributed by atoms with E-state index in [-0.39, 0.29) is 11.6 Å². The summed E-state index contributed by atoms with van der Waals surface area (Å²) in [4.78, 5) is 15.7. The van der Waals surface area contributed by atoms with Gasteiger partial charge in [0.1, 0.15) is 18.0 Å². The van der Waals surface area contributed by atoms with Gasteiger partial charge in [0, 0.05) is 50.4 Å². The number of hydrogen-bond donors (Lipinski definition) is 1. The predicted octanol–water partition coefficient (Wildman–Crippen LogP) is 3.23. The number of halogens is 3. The lowest BCUT2D eigenvalue weighted by Crippen LogP contribution is -2.44. The maximum Gasteiger partial charge on any atom is 0.418 e. The van der Waals surface area contributed by atoms with E-state index in [4.69, 9.17) is 0 Å². The third kappa shape index (κ3) is 4.23. The fourth-order valence-corrected chi connectivity index (χ4v) is 4.58. The van der Waals surface area contributed by atoms with Crippen molar-refractivity contribution in [2.45, 2.75) is 31.4 Å². The normalized spacial score (nSPS) is 19.9. The van der Waals surface area contributed by atoms with Crippen molar-refractivity contribution in [3.05, 3.63) is 41.0 Å². The Morgan fingerprint density at radius 1 is 1.20 bits per heavy atom. The monoisotopic (exact) mass is 438 g/mol. The molecule has 0 spiro atoms. The Morgan fingerprint density at radius 3 is 2.67 bits per heavy atom. The quantitative estimate of drug-likeness (QED) is 0.740. The second kappa shape index (κ2) is 8.63. The van der Waals surface area contributed by atoms with E-state index < -0.39 is 11.7 Å². The molecule has 0 saturated carbocycles. The van der Waals surface area contributed by atoms with Crippen molar-refractivity contribution in [1.29, 1.82) is 0 Å². The van der Waals surface area contributed by atoms with Gasteiger partial charge in [-0.05, 0) is 46.8 Å². The zero-order valence-corrected chi connectivity index (χ0v) is 18.1. The van der Waals surface area contributed by atoms with Crippen molar-refractivity contribution in [1.82, 2.24) is 20.3 Å². The third-order valence-electron chi connectivity index (χ3n) is 5.89. The maximum absolute atomic E-state index is 13.7. The van der Waals surface area contributed by atoms with Crippen LogP contribution in [-0.2, 0) is 19.0 Å². The lowest BCUT2D eigenvalue weighted by Gasteiger charge is -2.33. The van der Waals surface area contributed by atoms with Gasteiger partial charge in [0.05, 0.1) is 11.3 Å². The molecule has 2 aromatic heterocycles. The Hall–Kier alpha value is -1.99. The summed E-state index contributed by atoms with van der Waals surface area (Å²) >= 11 is 0. The highest BCUT2D eigenvalue weighted by Gasteiger charge is 2.38. The first kappa shape index (κ1) is 21.2. The van der Waals surface area contributed by atoms with Crippen molar-refractivity contribution in [2.24, 2.45) is 0 Å². The average molecular weight is 438 g/mol. The maximum atomic E-state index is 13.7. The van der Waals surface area contributed by atoms with Crippen molar-refractivity contribution >= 4 is 20.4 Å². The smallest absolute Gasteiger partial charge is 0.354 e. The van der Waals surface area contributed by atoms with Crippen LogP contribution in [0.5, 0.6) is 0 Å². The summed E-state index contributed by atoms with van der Waals surface area (Å²) in [5.74, 6) is 1.20. The van der Waals surface area contributed by atoms with Gasteiger partial charge < -0.3 is 14.9 Å². The Morgan fingerprint density at radius 2 is 1.97 bits per heavy atom. The van der Waals surface area contributed by atoms with Crippen LogP contribution in [-0.4, -0.2) is 54.8 Å². The minimum Gasteiger partial charge on any atom is -0.354 e. The first-order valence-electron chi connectivity index (χ1n) is 10.2. The number of rotatable bonds is 4. The molecule has 1 aliphatic carbocycles. The second-order valence-electron chi connectivity index (χ2n) is 7.68. The van der Waals surface area contributed by atoms with E-state index in [2.05, 4.69) is 25.2 Å². The molecule has 30 heavy (non-hydrogen) atoms. The van der Waals surface area contributed by atoms with Crippen LogP contribution < -0.4 is 14.9 Å². The minimum atomic E-state index is -4.42. The highest BCUT2D eigenvalue weighted by Crippen LogP contribution is 2.41. The van der Waals surface area contributed by atoms with Gasteiger partial charge in [-0.25, -0.2) is 15.0 Å². The van der Waals surface area contributed by atoms with Gasteiger partial charge in [0.25, 0.3) is 0 Å². The number of pyridine rings is 1. The number of fused-ring (bicyclic) bond motifs is 1. The number of hydrogen-bond acceptors (Lipinski definition) is 6. The molecule has 4 rings (SSSR count). The largest absolute Gasteiger partial charge is 0.418 e. The summed E-state index contributed by atoms with van der Waals surface area (Å²) in [6, 6.07) is 2.64. The zero-order valence-electron chi connectivity index (χ0n) is 17.1. The van der Waals surface area contributed by atoms with E-state index in [1.165, 1.54) is 12.1 Å². The van der Waals surface area contributed by atoms with Crippen molar-refractivity contribution in [3.8, 4) is 0 Å². The van der Waals surface area contributed by atoms with E-state index >= 15 is 0 Å². The number of aromatic nitrogens is 3. The molecule has 0 radical (unpaired) electrons. The van der Waals surface area contributed by atoms with Crippen molar-refractivity contribution in [2.75, 3.05) is 49.5 Å². The molecule has 162 valence electrons. The fraction of sp³-hybridized carbons (Fsp3) is 0.550. The van der Waals surface area contributed by atoms with Crippen LogP contribution in [0.25, 0.3) is 0 Å². The van der Waals surface area contributed by atoms with Gasteiger partial charge in [0.2, 0.25) is 0 Å². The molecule has 3 heterocycles. The lowest BCUT2D eigenvalue weighted by atomic mass is 9.83. The van der Waals surface area contributed by atoms with Crippen LogP contribution in [0.4, 0.5) is 24.8 Å². The summed E-state index contributed by atoms with van der Waals surface area (Å²) in [6.07, 6.45) is -1.16. The van der Waals surface area contributed by atoms with E-state index in [0.29, 0.717) is 33.8 Å². The number of nitrogens with one attached hydrogen (secondary N) is 1. The summed E-state index contributed by atoms with van der Waals surface area (Å²) in [5.41, 5.74) is 1.43. The molecule has 10 heteroatoms. The molecule has 2 atom stereocenters. The molecule has 0 amide bonds. The number of anilines is 2. The first-order chi connectivity index (χ1) is 14.4. The van der Waals surface area contributed by atoms with E-state index in [9.17, 15) is 13.2 Å². The lowest BCUT2D eigenvalue weighted by molar-refractivity contribution is -0.138. The molecule has 2 aromatic rings. The van der Waals surface area contributed by atoms with Crippen LogP contribution in [0.15, 0.2) is 18.5 Å². The first-order valence-corrected chi connectivity index (χ1v) is 11.6. The van der Waals surface area contributed by atoms with Gasteiger partial charge in [-0.3, -0.25) is 0 Å². The molecule has 0 aromatic carbocycles. The average Bonchev–Trinajstić information content (AvgIpc) is 2.77. The second-order valence-corrected chi connectivity index (χ2v) is 8.80. The molecule has 2 unspecified atom stereocenters. The van der Waals surface area contributed by atoms with Crippen LogP contribution in [0.2, 0.25) is 0 Å². The highest BCUT2D eigenvalue weighted by atomic mass is 31.1. The van der Waals surface area contributed by atoms with Gasteiger partial charge in [0.15, 0.2) is 0 Å². The van der Waals surface area contributed by atoms with Gasteiger partial charge >= 0.3 is 6.18 Å². The predicted molar refractivity (Wildman–Crippen MR) is 114 cm³/mol. The number of nitrogens with zero attached hydrogens (tertiary/aromatic N) is 5. The fourth-order valence-electron chi connectivity index (χ4n) is 4.22. The molecule has 1 N–H and O–H groups in total. The Balaban J connectivity index is 1.67. The summed E-state index contributed by atoms with van der Waals surface area (Å²) in [7, 11) is 2.28. The molecule has 6 nitrogen and oxygen atoms in total. The van der Waals surface area contributed by atoms with Gasteiger partial charge in [-0.2, -0.15) is 13.2 Å². The summed E-state index contributed by atoms with van der Waals surface area (Å²) in [6.45, 7) is 5.53. The molecular weight excluding hydrogens is 412 g/mol. The summed E-state index contributed by atoms with van der Waals surface area (Å²) in [5, 5.41) is 3.33. The van der Waals surface area contributed by atoms with Crippen LogP contribution in [0.1, 0.15) is 34.9 Å². The molecule has 1 aliphatic heterocycles. The van der Waals surface area contributed by atoms with Crippen molar-refractivity contribution < 1.29 is 13.2 Å². The highest BCUT2D eigenvalue weighted by molar-refractivity contribution is 7.39. The van der Waals surface area contributed by atoms with Gasteiger partial charge in [-0.1, -0.05) is 0 Å². The third-order valence-corrected chi connectivity index (χ3v) is 6.79. The summed E-state index contributed by atoms with van der Waals surface area (Å²) < 4.78 is 43.1. The minimum absolute atomic E-state index is 0.137. The van der Waals surface area contributed by atoms with Gasteiger partial charge in [-0.15, -0.1) is 0 Å². The SMILES string of the molecule is CPN(C)c1ccc(C(F)(F)F)c(C2CCc3c(ncnc3N3CCNCC3)C2)n1. The number of piperazine rings is 1. The molecule has 0 bridgehead atoms. The van der Waals surface area contributed by atoms with E-state index in [1.54, 1.807) is 6.33 Å². The molecule has 1 saturated heterocycles.